The molecular weight excluding hydrogens is 190 g/mol. The van der Waals surface area contributed by atoms with E-state index in [1.165, 1.54) is 6.07 Å². The lowest BCUT2D eigenvalue weighted by atomic mass is 10.1. The second-order valence-corrected chi connectivity index (χ2v) is 2.91. The molecule has 1 aromatic carbocycles. The van der Waals surface area contributed by atoms with Gasteiger partial charge in [0.15, 0.2) is 0 Å². The number of carbonyl (C=O) groups is 1. The first-order valence-electron chi connectivity index (χ1n) is 4.55. The van der Waals surface area contributed by atoms with Crippen molar-refractivity contribution in [3.63, 3.8) is 0 Å². The predicted octanol–water partition coefficient (Wildman–Crippen LogP) is 2.33. The number of hydrogen-bond acceptors (Lipinski definition) is 3. The van der Waals surface area contributed by atoms with Gasteiger partial charge in [-0.1, -0.05) is 6.08 Å². The third-order valence-corrected chi connectivity index (χ3v) is 1.84. The Bertz CT molecular complexity index is 405. The van der Waals surface area contributed by atoms with Crippen LogP contribution in [0.2, 0.25) is 0 Å². The molecule has 0 radical (unpaired) electrons. The van der Waals surface area contributed by atoms with Crippen LogP contribution in [0.5, 0.6) is 5.75 Å². The molecule has 3 nitrogen and oxygen atoms in total. The smallest absolute Gasteiger partial charge is 0.150 e. The van der Waals surface area contributed by atoms with Crippen LogP contribution < -0.4 is 4.74 Å². The highest BCUT2D eigenvalue weighted by molar-refractivity contribution is 5.76. The molecule has 0 aliphatic rings. The fraction of sp³-hybridized carbons (Fsp3) is 0.167. The molecule has 0 aliphatic heterocycles. The van der Waals surface area contributed by atoms with Gasteiger partial charge in [-0.15, -0.1) is 6.58 Å². The number of ether oxygens (including phenoxy) is 1. The van der Waals surface area contributed by atoms with Crippen LogP contribution in [0.1, 0.15) is 22.3 Å². The molecule has 0 atom stereocenters. The number of rotatable bonds is 5. The molecule has 0 unspecified atom stereocenters. The molecule has 0 saturated heterocycles. The number of aldehydes is 1. The van der Waals surface area contributed by atoms with E-state index in [2.05, 4.69) is 6.58 Å². The van der Waals surface area contributed by atoms with Gasteiger partial charge >= 0.3 is 0 Å². The lowest BCUT2D eigenvalue weighted by molar-refractivity contribution is 0.112. The van der Waals surface area contributed by atoms with Gasteiger partial charge in [-0.05, 0) is 24.6 Å². The monoisotopic (exact) mass is 201 g/mol. The molecule has 0 heterocycles. The maximum Gasteiger partial charge on any atom is 0.150 e. The first-order valence-corrected chi connectivity index (χ1v) is 4.55. The standard InChI is InChI=1S/C12H11NO2/c1-2-3-6-15-12-5-4-10(9-14)7-11(12)8-13/h2,4-5,7,9H,1,3,6H2. The number of hydrogen-bond donors (Lipinski definition) is 0. The maximum atomic E-state index is 10.5. The Labute approximate surface area is 88.6 Å². The van der Waals surface area contributed by atoms with Crippen LogP contribution in [-0.2, 0) is 0 Å². The van der Waals surface area contributed by atoms with Gasteiger partial charge in [0.05, 0.1) is 12.2 Å². The largest absolute Gasteiger partial charge is 0.492 e. The minimum absolute atomic E-state index is 0.378. The van der Waals surface area contributed by atoms with Crippen LogP contribution in [0.4, 0.5) is 0 Å². The van der Waals surface area contributed by atoms with Crippen molar-refractivity contribution in [2.45, 2.75) is 6.42 Å². The molecule has 0 amide bonds. The number of nitriles is 1. The number of benzene rings is 1. The first-order chi connectivity index (χ1) is 7.31. The summed E-state index contributed by atoms with van der Waals surface area (Å²) in [6.07, 6.45) is 3.17. The van der Waals surface area contributed by atoms with E-state index in [4.69, 9.17) is 10.00 Å². The van der Waals surface area contributed by atoms with Crippen molar-refractivity contribution in [2.24, 2.45) is 0 Å². The van der Waals surface area contributed by atoms with E-state index in [-0.39, 0.29) is 0 Å². The zero-order valence-corrected chi connectivity index (χ0v) is 8.27. The van der Waals surface area contributed by atoms with E-state index in [0.29, 0.717) is 29.8 Å². The third kappa shape index (κ3) is 2.96. The SMILES string of the molecule is C=CCCOc1ccc(C=O)cc1C#N. The average Bonchev–Trinajstić information content (AvgIpc) is 2.29. The highest BCUT2D eigenvalue weighted by atomic mass is 16.5. The fourth-order valence-corrected chi connectivity index (χ4v) is 1.09. The van der Waals surface area contributed by atoms with Crippen LogP contribution in [0.15, 0.2) is 30.9 Å². The summed E-state index contributed by atoms with van der Waals surface area (Å²) in [5.41, 5.74) is 0.853. The van der Waals surface area contributed by atoms with Crippen molar-refractivity contribution in [1.29, 1.82) is 5.26 Å². The molecule has 0 bridgehead atoms. The molecule has 0 spiro atoms. The molecule has 1 rings (SSSR count). The molecule has 15 heavy (non-hydrogen) atoms. The van der Waals surface area contributed by atoms with E-state index in [0.717, 1.165) is 6.42 Å². The van der Waals surface area contributed by atoms with Crippen molar-refractivity contribution in [2.75, 3.05) is 6.61 Å². The summed E-state index contributed by atoms with van der Waals surface area (Å²) in [7, 11) is 0. The topological polar surface area (TPSA) is 50.1 Å². The van der Waals surface area contributed by atoms with Crippen molar-refractivity contribution in [3.05, 3.63) is 42.0 Å². The lowest BCUT2D eigenvalue weighted by Gasteiger charge is -2.06. The molecule has 0 aromatic heterocycles. The second-order valence-electron chi connectivity index (χ2n) is 2.91. The Morgan fingerprint density at radius 2 is 2.33 bits per heavy atom. The van der Waals surface area contributed by atoms with Crippen molar-refractivity contribution in [1.82, 2.24) is 0 Å². The highest BCUT2D eigenvalue weighted by Crippen LogP contribution is 2.18. The van der Waals surface area contributed by atoms with E-state index in [9.17, 15) is 4.79 Å². The minimum Gasteiger partial charge on any atom is -0.492 e. The Kier molecular flexibility index (Phi) is 4.11. The van der Waals surface area contributed by atoms with E-state index in [1.807, 2.05) is 6.07 Å². The summed E-state index contributed by atoms with van der Waals surface area (Å²) in [4.78, 5) is 10.5. The van der Waals surface area contributed by atoms with Gasteiger partial charge in [-0.3, -0.25) is 4.79 Å². The van der Waals surface area contributed by atoms with Crippen molar-refractivity contribution < 1.29 is 9.53 Å². The molecule has 76 valence electrons. The highest BCUT2D eigenvalue weighted by Gasteiger charge is 2.03. The molecule has 1 aromatic rings. The van der Waals surface area contributed by atoms with Gasteiger partial charge in [0.1, 0.15) is 18.1 Å². The van der Waals surface area contributed by atoms with E-state index >= 15 is 0 Å². The Morgan fingerprint density at radius 1 is 1.53 bits per heavy atom. The Balaban J connectivity index is 2.83. The summed E-state index contributed by atoms with van der Waals surface area (Å²) >= 11 is 0. The molecule has 3 heteroatoms. The fourth-order valence-electron chi connectivity index (χ4n) is 1.09. The van der Waals surface area contributed by atoms with Crippen LogP contribution in [0.3, 0.4) is 0 Å². The van der Waals surface area contributed by atoms with Gasteiger partial charge < -0.3 is 4.74 Å². The normalized spacial score (nSPS) is 9.00. The van der Waals surface area contributed by atoms with Crippen LogP contribution >= 0.6 is 0 Å². The summed E-state index contributed by atoms with van der Waals surface area (Å²) in [6, 6.07) is 6.75. The molecular formula is C12H11NO2. The summed E-state index contributed by atoms with van der Waals surface area (Å²) < 4.78 is 5.36. The van der Waals surface area contributed by atoms with Crippen LogP contribution in [-0.4, -0.2) is 12.9 Å². The van der Waals surface area contributed by atoms with Gasteiger partial charge in [-0.2, -0.15) is 5.26 Å². The van der Waals surface area contributed by atoms with E-state index < -0.39 is 0 Å². The first kappa shape index (κ1) is 11.0. The molecule has 0 saturated carbocycles. The van der Waals surface area contributed by atoms with Crippen LogP contribution in [0.25, 0.3) is 0 Å². The third-order valence-electron chi connectivity index (χ3n) is 1.84. The molecule has 0 aliphatic carbocycles. The summed E-state index contributed by atoms with van der Waals surface area (Å²) in [5.74, 6) is 0.505. The van der Waals surface area contributed by atoms with E-state index in [1.54, 1.807) is 18.2 Å². The second kappa shape index (κ2) is 5.61. The minimum atomic E-state index is 0.378. The summed E-state index contributed by atoms with van der Waals surface area (Å²) in [5, 5.41) is 8.83. The van der Waals surface area contributed by atoms with Crippen molar-refractivity contribution >= 4 is 6.29 Å². The lowest BCUT2D eigenvalue weighted by Crippen LogP contribution is -1.98. The average molecular weight is 201 g/mol. The quantitative estimate of drug-likeness (QED) is 0.417. The van der Waals surface area contributed by atoms with Gasteiger partial charge in [-0.25, -0.2) is 0 Å². The molecule has 0 N–H and O–H groups in total. The van der Waals surface area contributed by atoms with Crippen molar-refractivity contribution in [3.8, 4) is 11.8 Å². The maximum absolute atomic E-state index is 10.5. The number of carbonyl (C=O) groups excluding carboxylic acids is 1. The number of nitrogens with zero attached hydrogens (tertiary/aromatic N) is 1. The van der Waals surface area contributed by atoms with Gasteiger partial charge in [0.25, 0.3) is 0 Å². The predicted molar refractivity (Wildman–Crippen MR) is 56.9 cm³/mol. The van der Waals surface area contributed by atoms with Gasteiger partial charge in [0.2, 0.25) is 0 Å². The van der Waals surface area contributed by atoms with Gasteiger partial charge in [0, 0.05) is 5.56 Å². The zero-order valence-electron chi connectivity index (χ0n) is 8.27. The Morgan fingerprint density at radius 3 is 2.93 bits per heavy atom. The Hall–Kier alpha value is -2.08. The molecule has 0 fully saturated rings. The zero-order chi connectivity index (χ0) is 11.1. The summed E-state index contributed by atoms with van der Waals surface area (Å²) in [6.45, 7) is 4.06. The van der Waals surface area contributed by atoms with Crippen LogP contribution in [0, 0.1) is 11.3 Å².